The van der Waals surface area contributed by atoms with Crippen molar-refractivity contribution in [1.29, 1.82) is 0 Å². The molecule has 0 spiro atoms. The van der Waals surface area contributed by atoms with E-state index >= 15 is 0 Å². The summed E-state index contributed by atoms with van der Waals surface area (Å²) in [6, 6.07) is 10.00. The van der Waals surface area contributed by atoms with Crippen molar-refractivity contribution in [3.63, 3.8) is 0 Å². The van der Waals surface area contributed by atoms with Crippen LogP contribution in [-0.4, -0.2) is 35.9 Å². The molecule has 3 aromatic rings. The molecule has 2 aliphatic heterocycles. The number of fused-ring (bicyclic) bond motifs is 1. The predicted octanol–water partition coefficient (Wildman–Crippen LogP) is 9.80. The van der Waals surface area contributed by atoms with Crippen LogP contribution in [0.2, 0.25) is 10.0 Å². The minimum Gasteiger partial charge on any atom is -0.495 e. The Kier molecular flexibility index (Phi) is 15.1. The smallest absolute Gasteiger partial charge is 0.362 e. The summed E-state index contributed by atoms with van der Waals surface area (Å²) < 4.78 is 31.9. The highest BCUT2D eigenvalue weighted by Crippen LogP contribution is 2.42. The first-order chi connectivity index (χ1) is 22.2. The number of alkyl halides is 3. The molecule has 0 atom stereocenters. The molecule has 2 amide bonds. The molecule has 2 aromatic carbocycles. The maximum absolute atomic E-state index is 13.2. The van der Waals surface area contributed by atoms with Crippen molar-refractivity contribution in [3.8, 4) is 5.75 Å². The fourth-order valence-electron chi connectivity index (χ4n) is 4.93. The number of methoxy groups -OCH3 is 1. The highest BCUT2D eigenvalue weighted by molar-refractivity contribution is 7.99. The van der Waals surface area contributed by atoms with Gasteiger partial charge in [0.25, 0.3) is 5.56 Å². The Morgan fingerprint density at radius 3 is 2.13 bits per heavy atom. The average molecular weight is 733 g/mol. The summed E-state index contributed by atoms with van der Waals surface area (Å²) >= 11 is 18.1. The topological polar surface area (TPSA) is 82.7 Å². The summed E-state index contributed by atoms with van der Waals surface area (Å²) in [5.41, 5.74) is 1.64. The number of rotatable bonds is 6. The van der Waals surface area contributed by atoms with E-state index in [9.17, 15) is 23.2 Å². The summed E-state index contributed by atoms with van der Waals surface area (Å²) in [6.07, 6.45) is 2.76. The number of pyridine rings is 1. The molecule has 3 heterocycles. The summed E-state index contributed by atoms with van der Waals surface area (Å²) in [5, 5.41) is -2.93. The van der Waals surface area contributed by atoms with Crippen LogP contribution in [0.4, 0.5) is 14.5 Å². The van der Waals surface area contributed by atoms with Crippen LogP contribution in [0.15, 0.2) is 51.0 Å². The third-order valence-electron chi connectivity index (χ3n) is 7.37. The maximum Gasteiger partial charge on any atom is 0.362 e. The van der Waals surface area contributed by atoms with Crippen molar-refractivity contribution in [2.24, 2.45) is 5.41 Å². The van der Waals surface area contributed by atoms with Crippen molar-refractivity contribution < 1.29 is 23.1 Å². The van der Waals surface area contributed by atoms with Gasteiger partial charge in [0.1, 0.15) is 11.4 Å². The monoisotopic (exact) mass is 731 g/mol. The molecule has 0 radical (unpaired) electrons. The van der Waals surface area contributed by atoms with Gasteiger partial charge in [0.05, 0.1) is 22.8 Å². The van der Waals surface area contributed by atoms with Gasteiger partial charge in [-0.1, -0.05) is 82.6 Å². The summed E-state index contributed by atoms with van der Waals surface area (Å²) in [5.74, 6) is 0.847. The molecular weight excluding hydrogens is 691 g/mol. The number of nitrogens with one attached hydrogen (secondary N) is 1. The Morgan fingerprint density at radius 1 is 1.02 bits per heavy atom. The quantitative estimate of drug-likeness (QED) is 0.202. The number of aromatic amines is 1. The van der Waals surface area contributed by atoms with Gasteiger partial charge in [-0.05, 0) is 72.8 Å². The molecule has 1 aromatic heterocycles. The van der Waals surface area contributed by atoms with Crippen LogP contribution in [0.1, 0.15) is 76.8 Å². The first-order valence-corrected chi connectivity index (χ1v) is 17.3. The Labute approximate surface area is 294 Å². The molecule has 47 heavy (non-hydrogen) atoms. The van der Waals surface area contributed by atoms with E-state index in [0.717, 1.165) is 60.4 Å². The lowest BCUT2D eigenvalue weighted by Crippen LogP contribution is -2.46. The van der Waals surface area contributed by atoms with Crippen molar-refractivity contribution in [2.75, 3.05) is 18.6 Å². The third-order valence-corrected chi connectivity index (χ3v) is 9.71. The van der Waals surface area contributed by atoms with Crippen LogP contribution in [0, 0.1) is 12.3 Å². The number of nitrogens with zero attached hydrogens (tertiary/aromatic N) is 2. The second-order valence-corrected chi connectivity index (χ2v) is 13.2. The molecule has 0 bridgehead atoms. The zero-order valence-electron chi connectivity index (χ0n) is 27.9. The van der Waals surface area contributed by atoms with E-state index in [4.69, 9.17) is 39.5 Å². The van der Waals surface area contributed by atoms with Crippen molar-refractivity contribution in [3.05, 3.63) is 79.2 Å². The van der Waals surface area contributed by atoms with Gasteiger partial charge in [0, 0.05) is 40.4 Å². The van der Waals surface area contributed by atoms with Crippen LogP contribution in [0.25, 0.3) is 0 Å². The van der Waals surface area contributed by atoms with E-state index in [1.165, 1.54) is 6.92 Å². The highest BCUT2D eigenvalue weighted by atomic mass is 35.5. The number of carbonyl (C=O) groups is 2. The number of amides is 2. The van der Waals surface area contributed by atoms with Gasteiger partial charge in [-0.3, -0.25) is 14.4 Å². The first kappa shape index (κ1) is 40.4. The normalized spacial score (nSPS) is 14.9. The zero-order valence-corrected chi connectivity index (χ0v) is 31.0. The van der Waals surface area contributed by atoms with Crippen LogP contribution in [-0.2, 0) is 28.1 Å². The number of hydrogen-bond donors (Lipinski definition) is 1. The lowest BCUT2D eigenvalue weighted by molar-refractivity contribution is -0.128. The van der Waals surface area contributed by atoms with E-state index in [-0.39, 0.29) is 16.9 Å². The maximum atomic E-state index is 13.2. The summed E-state index contributed by atoms with van der Waals surface area (Å²) in [7, 11) is 1.62. The highest BCUT2D eigenvalue weighted by Gasteiger charge is 2.38. The lowest BCUT2D eigenvalue weighted by atomic mass is 9.83. The first-order valence-electron chi connectivity index (χ1n) is 15.3. The fourth-order valence-corrected chi connectivity index (χ4v) is 6.63. The lowest BCUT2D eigenvalue weighted by Gasteiger charge is -2.37. The van der Waals surface area contributed by atoms with E-state index in [2.05, 4.69) is 4.98 Å². The Balaban J connectivity index is 0.000000296. The SMILES string of the molecule is CC.CC.COc1cc2c(cc1N1CCCC(C)(C)C1=O)CN(C=O)C2.Cc1c(Sc2c(Cl)cccc2Cl)cc(C(F)(F)Cl)[nH]c1=O. The van der Waals surface area contributed by atoms with Crippen molar-refractivity contribution in [2.45, 2.75) is 89.6 Å². The molecular formula is C34H42Cl3F2N3O4S. The Bertz CT molecular complexity index is 1590. The number of H-pyrrole nitrogens is 1. The molecule has 7 nitrogen and oxygen atoms in total. The number of anilines is 1. The van der Waals surface area contributed by atoms with Gasteiger partial charge in [0.15, 0.2) is 0 Å². The van der Waals surface area contributed by atoms with Gasteiger partial charge in [-0.2, -0.15) is 8.78 Å². The van der Waals surface area contributed by atoms with E-state index in [0.29, 0.717) is 38.7 Å². The van der Waals surface area contributed by atoms with Crippen LogP contribution in [0.3, 0.4) is 0 Å². The fraction of sp³-hybridized carbons (Fsp3) is 0.441. The van der Waals surface area contributed by atoms with Gasteiger partial charge in [0.2, 0.25) is 12.3 Å². The second-order valence-electron chi connectivity index (χ2n) is 10.9. The largest absolute Gasteiger partial charge is 0.495 e. The van der Waals surface area contributed by atoms with Crippen LogP contribution < -0.4 is 15.2 Å². The van der Waals surface area contributed by atoms with Crippen molar-refractivity contribution >= 4 is 64.6 Å². The second kappa shape index (κ2) is 17.6. The van der Waals surface area contributed by atoms with Crippen molar-refractivity contribution in [1.82, 2.24) is 9.88 Å². The standard InChI is InChI=1S/C17H22N2O3.C13H8Cl3F2NOS.2C2H6/c1-17(2)5-4-6-19(16(17)21)14-7-12-9-18(11-20)10-13(12)8-15(14)22-3;1-6-9(5-10(13(16,17)18)19-12(6)20)21-11-7(14)3-2-4-8(11)15;2*1-2/h7-8,11H,4-6,9-10H2,1-3H3;2-5H,1H3,(H,19,20);2*1-2H3. The molecule has 0 saturated carbocycles. The van der Waals surface area contributed by atoms with E-state index in [1.54, 1.807) is 30.2 Å². The van der Waals surface area contributed by atoms with E-state index < -0.39 is 16.6 Å². The molecule has 13 heteroatoms. The number of carbonyl (C=O) groups excluding carboxylic acids is 2. The minimum absolute atomic E-state index is 0.141. The van der Waals surface area contributed by atoms with Gasteiger partial charge < -0.3 is 19.5 Å². The molecule has 0 aliphatic carbocycles. The number of piperidine rings is 1. The summed E-state index contributed by atoms with van der Waals surface area (Å²) in [4.78, 5) is 41.9. The molecule has 5 rings (SSSR count). The Morgan fingerprint density at radius 2 is 1.60 bits per heavy atom. The molecule has 1 fully saturated rings. The number of benzene rings is 2. The summed E-state index contributed by atoms with van der Waals surface area (Å²) in [6.45, 7) is 15.4. The van der Waals surface area contributed by atoms with Crippen LogP contribution >= 0.6 is 46.6 Å². The number of hydrogen-bond acceptors (Lipinski definition) is 5. The number of ether oxygens (including phenoxy) is 1. The molecule has 1 N–H and O–H groups in total. The molecule has 0 unspecified atom stereocenters. The molecule has 2 aliphatic rings. The van der Waals surface area contributed by atoms with E-state index in [1.807, 2.05) is 58.6 Å². The average Bonchev–Trinajstić information content (AvgIpc) is 3.45. The van der Waals surface area contributed by atoms with Gasteiger partial charge >= 0.3 is 5.38 Å². The van der Waals surface area contributed by atoms with Gasteiger partial charge in [-0.25, -0.2) is 0 Å². The zero-order chi connectivity index (χ0) is 35.7. The molecule has 258 valence electrons. The number of halogens is 5. The predicted molar refractivity (Wildman–Crippen MR) is 189 cm³/mol. The van der Waals surface area contributed by atoms with Crippen LogP contribution in [0.5, 0.6) is 5.75 Å². The van der Waals surface area contributed by atoms with Gasteiger partial charge in [-0.15, -0.1) is 0 Å². The Hall–Kier alpha value is -2.79. The molecule has 1 saturated heterocycles. The minimum atomic E-state index is -3.66. The third kappa shape index (κ3) is 9.87. The number of aromatic nitrogens is 1.